The maximum absolute atomic E-state index is 9.44. The Labute approximate surface area is 59.4 Å². The molecule has 7 heteroatoms. The molecule has 0 aliphatic carbocycles. The minimum atomic E-state index is -4.67. The second-order valence-electron chi connectivity index (χ2n) is 1.36. The molecule has 0 aromatic rings. The van der Waals surface area contributed by atoms with Crippen LogP contribution in [0.5, 0.6) is 0 Å². The van der Waals surface area contributed by atoms with Crippen LogP contribution in [0.25, 0.3) is 0 Å². The minimum absolute atomic E-state index is 0. The molecule has 0 spiro atoms. The molecule has 6 nitrogen and oxygen atoms in total. The molecule has 0 saturated heterocycles. The van der Waals surface area contributed by atoms with E-state index in [0.717, 1.165) is 0 Å². The first-order valence-electron chi connectivity index (χ1n) is 1.90. The van der Waals surface area contributed by atoms with Crippen molar-refractivity contribution in [3.63, 3.8) is 0 Å². The Kier molecular flexibility index (Phi) is 10.8. The zero-order valence-corrected chi connectivity index (χ0v) is 6.55. The van der Waals surface area contributed by atoms with Gasteiger partial charge in [0, 0.05) is 0 Å². The number of ketones is 1. The molecule has 0 aromatic carbocycles. The van der Waals surface area contributed by atoms with Crippen LogP contribution in [0.4, 0.5) is 0 Å². The van der Waals surface area contributed by atoms with Gasteiger partial charge in [-0.1, -0.05) is 0 Å². The van der Waals surface area contributed by atoms with Crippen LogP contribution in [0, 0.1) is 0 Å². The van der Waals surface area contributed by atoms with Gasteiger partial charge in [0.1, 0.15) is 5.78 Å². The summed E-state index contributed by atoms with van der Waals surface area (Å²) in [6, 6.07) is 0. The maximum Gasteiger partial charge on any atom is 0.394 e. The predicted molar refractivity (Wildman–Crippen MR) is 35.6 cm³/mol. The van der Waals surface area contributed by atoms with Crippen LogP contribution < -0.4 is 6.15 Å². The van der Waals surface area contributed by atoms with Crippen molar-refractivity contribution in [2.75, 3.05) is 0 Å². The summed E-state index contributed by atoms with van der Waals surface area (Å²) in [5.74, 6) is 0.167. The first-order chi connectivity index (χ1) is 3.73. The van der Waals surface area contributed by atoms with E-state index in [1.54, 1.807) is 0 Å². The van der Waals surface area contributed by atoms with Gasteiger partial charge < -0.3 is 10.9 Å². The van der Waals surface area contributed by atoms with Crippen molar-refractivity contribution in [3.8, 4) is 0 Å². The van der Waals surface area contributed by atoms with Crippen LogP contribution in [0.2, 0.25) is 0 Å². The Morgan fingerprint density at radius 2 is 1.20 bits per heavy atom. The van der Waals surface area contributed by atoms with Gasteiger partial charge in [-0.3, -0.25) is 9.11 Å². The molecule has 0 aliphatic rings. The lowest BCUT2D eigenvalue weighted by Gasteiger charge is -1.68. The van der Waals surface area contributed by atoms with E-state index in [1.807, 2.05) is 0 Å². The number of rotatable bonds is 0. The third-order valence-corrected chi connectivity index (χ3v) is 0. The van der Waals surface area contributed by atoms with Gasteiger partial charge in [-0.15, -0.1) is 0 Å². The lowest BCUT2D eigenvalue weighted by Crippen LogP contribution is -1.89. The van der Waals surface area contributed by atoms with Crippen LogP contribution in [0.15, 0.2) is 0 Å². The van der Waals surface area contributed by atoms with Gasteiger partial charge in [-0.2, -0.15) is 8.42 Å². The summed E-state index contributed by atoms with van der Waals surface area (Å²) in [4.78, 5) is 9.44. The quantitative estimate of drug-likeness (QED) is 0.446. The molecule has 5 N–H and O–H groups in total. The Morgan fingerprint density at radius 1 is 1.20 bits per heavy atom. The molecular weight excluding hydrogens is 162 g/mol. The maximum atomic E-state index is 9.44. The van der Waals surface area contributed by atoms with Crippen molar-refractivity contribution in [2.45, 2.75) is 13.8 Å². The summed E-state index contributed by atoms with van der Waals surface area (Å²) in [5, 5.41) is 0. The molecule has 0 unspecified atom stereocenters. The molecule has 0 fully saturated rings. The smallest absolute Gasteiger partial charge is 0.344 e. The molecule has 0 amide bonds. The minimum Gasteiger partial charge on any atom is -0.344 e. The summed E-state index contributed by atoms with van der Waals surface area (Å²) >= 11 is 0. The highest BCUT2D eigenvalue weighted by Gasteiger charge is 1.84. The van der Waals surface area contributed by atoms with Crippen LogP contribution in [-0.2, 0) is 15.2 Å². The third-order valence-electron chi connectivity index (χ3n) is 0. The van der Waals surface area contributed by atoms with E-state index in [9.17, 15) is 4.79 Å². The standard InChI is InChI=1S/C3H6O.H3N.H2O4S/c1-3(2)4;;1-5(2,3)4/h1-2H3;1H3;(H2,1,2,3,4). The van der Waals surface area contributed by atoms with Crippen LogP contribution >= 0.6 is 0 Å². The van der Waals surface area contributed by atoms with E-state index in [2.05, 4.69) is 0 Å². The molecule has 0 aliphatic heterocycles. The topological polar surface area (TPSA) is 127 Å². The first-order valence-corrected chi connectivity index (χ1v) is 3.30. The normalized spacial score (nSPS) is 8.40. The summed E-state index contributed by atoms with van der Waals surface area (Å²) < 4.78 is 31.6. The summed E-state index contributed by atoms with van der Waals surface area (Å²) in [7, 11) is -4.67. The Bertz CT molecular complexity index is 159. The van der Waals surface area contributed by atoms with E-state index in [4.69, 9.17) is 17.5 Å². The van der Waals surface area contributed by atoms with Crippen molar-refractivity contribution in [1.29, 1.82) is 0 Å². The van der Waals surface area contributed by atoms with Gasteiger partial charge in [0.15, 0.2) is 0 Å². The Hall–Kier alpha value is -0.500. The van der Waals surface area contributed by atoms with Gasteiger partial charge >= 0.3 is 10.4 Å². The Morgan fingerprint density at radius 3 is 1.20 bits per heavy atom. The highest BCUT2D eigenvalue weighted by molar-refractivity contribution is 7.79. The lowest BCUT2D eigenvalue weighted by atomic mass is 10.6. The van der Waals surface area contributed by atoms with Crippen LogP contribution in [-0.4, -0.2) is 23.3 Å². The Balaban J connectivity index is -0.0000000910. The number of hydrogen-bond donors (Lipinski definition) is 3. The molecule has 0 rings (SSSR count). The second-order valence-corrected chi connectivity index (χ2v) is 2.25. The number of hydrogen-bond acceptors (Lipinski definition) is 4. The zero-order chi connectivity index (χ0) is 8.08. The van der Waals surface area contributed by atoms with Gasteiger partial charge in [0.2, 0.25) is 0 Å². The van der Waals surface area contributed by atoms with Gasteiger partial charge in [0.05, 0.1) is 0 Å². The average molecular weight is 173 g/mol. The van der Waals surface area contributed by atoms with Crippen LogP contribution in [0.1, 0.15) is 13.8 Å². The van der Waals surface area contributed by atoms with E-state index >= 15 is 0 Å². The van der Waals surface area contributed by atoms with E-state index < -0.39 is 10.4 Å². The molecule has 0 aromatic heterocycles. The molecule has 0 saturated carbocycles. The van der Waals surface area contributed by atoms with Gasteiger partial charge in [-0.25, -0.2) is 0 Å². The largest absolute Gasteiger partial charge is 0.394 e. The average Bonchev–Trinajstić information content (AvgIpc) is 1.19. The first kappa shape index (κ1) is 16.2. The SMILES string of the molecule is CC(C)=O.N.O=S(=O)(O)O. The van der Waals surface area contributed by atoms with Crippen LogP contribution in [0.3, 0.4) is 0 Å². The lowest BCUT2D eigenvalue weighted by molar-refractivity contribution is -0.114. The van der Waals surface area contributed by atoms with Gasteiger partial charge in [0.25, 0.3) is 0 Å². The van der Waals surface area contributed by atoms with Crippen molar-refractivity contribution in [1.82, 2.24) is 6.15 Å². The summed E-state index contributed by atoms with van der Waals surface area (Å²) in [6.07, 6.45) is 0. The predicted octanol–water partition coefficient (Wildman–Crippen LogP) is 0.105. The van der Waals surface area contributed by atoms with Crippen molar-refractivity contribution in [3.05, 3.63) is 0 Å². The fourth-order valence-corrected chi connectivity index (χ4v) is 0. The number of carbonyl (C=O) groups is 1. The van der Waals surface area contributed by atoms with Crippen molar-refractivity contribution < 1.29 is 22.3 Å². The molecular formula is C3H11NO5S. The summed E-state index contributed by atoms with van der Waals surface area (Å²) in [5.41, 5.74) is 0. The number of Topliss-reactive ketones (excluding diaryl/α,β-unsaturated/α-hetero) is 1. The molecule has 0 bridgehead atoms. The highest BCUT2D eigenvalue weighted by Crippen LogP contribution is 1.59. The zero-order valence-electron chi connectivity index (χ0n) is 5.73. The second kappa shape index (κ2) is 6.62. The molecule has 64 valence electrons. The van der Waals surface area contributed by atoms with E-state index in [0.29, 0.717) is 0 Å². The van der Waals surface area contributed by atoms with Gasteiger partial charge in [-0.05, 0) is 13.8 Å². The fourth-order valence-electron chi connectivity index (χ4n) is 0. The van der Waals surface area contributed by atoms with Crippen molar-refractivity contribution >= 4 is 16.2 Å². The molecule has 0 atom stereocenters. The van der Waals surface area contributed by atoms with E-state index in [-0.39, 0.29) is 11.9 Å². The number of carbonyl (C=O) groups excluding carboxylic acids is 1. The third kappa shape index (κ3) is 1270. The molecule has 0 heterocycles. The highest BCUT2D eigenvalue weighted by atomic mass is 32.3. The summed E-state index contributed by atoms with van der Waals surface area (Å²) in [6.45, 7) is 3.06. The monoisotopic (exact) mass is 173 g/mol. The molecule has 0 radical (unpaired) electrons. The fraction of sp³-hybridized carbons (Fsp3) is 0.667. The van der Waals surface area contributed by atoms with E-state index in [1.165, 1.54) is 13.8 Å². The van der Waals surface area contributed by atoms with Crippen molar-refractivity contribution in [2.24, 2.45) is 0 Å². The molecule has 10 heavy (non-hydrogen) atoms.